The number of nitrogens with one attached hydrogen (secondary N) is 3. The molecule has 1 heterocycles. The Kier molecular flexibility index (Phi) is 8.02. The Hall–Kier alpha value is -4.07. The summed E-state index contributed by atoms with van der Waals surface area (Å²) >= 11 is 0. The van der Waals surface area contributed by atoms with Crippen molar-refractivity contribution in [1.29, 1.82) is 0 Å². The zero-order valence-corrected chi connectivity index (χ0v) is 17.8. The van der Waals surface area contributed by atoms with E-state index in [4.69, 9.17) is 4.42 Å². The fraction of sp³-hybridized carbons (Fsp3) is 0.208. The molecule has 32 heavy (non-hydrogen) atoms. The molecule has 0 bridgehead atoms. The van der Waals surface area contributed by atoms with Crippen molar-refractivity contribution in [2.75, 3.05) is 18.9 Å². The number of urea groups is 1. The van der Waals surface area contributed by atoms with Crippen LogP contribution in [0.1, 0.15) is 28.1 Å². The predicted molar refractivity (Wildman–Crippen MR) is 121 cm³/mol. The number of rotatable bonds is 9. The number of carbonyl (C=O) groups excluding carboxylic acids is 3. The minimum absolute atomic E-state index is 0.167. The van der Waals surface area contributed by atoms with Crippen LogP contribution >= 0.6 is 0 Å². The van der Waals surface area contributed by atoms with E-state index in [1.54, 1.807) is 42.3 Å². The standard InChI is InChI=1S/C24H26N4O4/c1-28(17-18-7-3-2-4-8-18)24(31)25-13-12-22(29)26-16-19-9-5-10-20(15-19)27-23(30)21-11-6-14-32-21/h2-11,14-15H,12-13,16-17H2,1H3,(H,25,31)(H,26,29)(H,27,30). The van der Waals surface area contributed by atoms with Crippen molar-refractivity contribution in [2.24, 2.45) is 0 Å². The lowest BCUT2D eigenvalue weighted by atomic mass is 10.2. The van der Waals surface area contributed by atoms with Crippen LogP contribution in [0.4, 0.5) is 10.5 Å². The highest BCUT2D eigenvalue weighted by Crippen LogP contribution is 2.12. The van der Waals surface area contributed by atoms with Crippen LogP contribution in [0.25, 0.3) is 0 Å². The average molecular weight is 434 g/mol. The summed E-state index contributed by atoms with van der Waals surface area (Å²) in [5.41, 5.74) is 2.47. The molecule has 0 saturated carbocycles. The number of hydrogen-bond acceptors (Lipinski definition) is 4. The summed E-state index contributed by atoms with van der Waals surface area (Å²) in [6, 6.07) is 19.9. The number of anilines is 1. The summed E-state index contributed by atoms with van der Waals surface area (Å²) in [6.45, 7) is 1.04. The minimum Gasteiger partial charge on any atom is -0.459 e. The third-order valence-corrected chi connectivity index (χ3v) is 4.66. The van der Waals surface area contributed by atoms with Gasteiger partial charge in [-0.15, -0.1) is 0 Å². The van der Waals surface area contributed by atoms with E-state index in [2.05, 4.69) is 16.0 Å². The highest BCUT2D eigenvalue weighted by molar-refractivity contribution is 6.02. The summed E-state index contributed by atoms with van der Waals surface area (Å²) in [4.78, 5) is 37.9. The van der Waals surface area contributed by atoms with E-state index in [9.17, 15) is 14.4 Å². The van der Waals surface area contributed by atoms with Gasteiger partial charge in [-0.1, -0.05) is 42.5 Å². The smallest absolute Gasteiger partial charge is 0.317 e. The number of benzene rings is 2. The van der Waals surface area contributed by atoms with Gasteiger partial charge in [-0.3, -0.25) is 9.59 Å². The molecule has 0 aliphatic rings. The number of furan rings is 1. The Labute approximate surface area is 186 Å². The van der Waals surface area contributed by atoms with Crippen molar-refractivity contribution in [3.63, 3.8) is 0 Å². The Balaban J connectivity index is 1.37. The van der Waals surface area contributed by atoms with Crippen LogP contribution < -0.4 is 16.0 Å². The molecular formula is C24H26N4O4. The van der Waals surface area contributed by atoms with Crippen molar-refractivity contribution in [1.82, 2.24) is 15.5 Å². The zero-order valence-electron chi connectivity index (χ0n) is 17.8. The molecule has 0 fully saturated rings. The molecule has 0 saturated heterocycles. The fourth-order valence-electron chi connectivity index (χ4n) is 3.00. The molecule has 0 radical (unpaired) electrons. The second kappa shape index (κ2) is 11.4. The van der Waals surface area contributed by atoms with Gasteiger partial charge in [0, 0.05) is 38.8 Å². The first-order chi connectivity index (χ1) is 15.5. The van der Waals surface area contributed by atoms with Crippen LogP contribution in [0, 0.1) is 0 Å². The van der Waals surface area contributed by atoms with E-state index in [1.807, 2.05) is 36.4 Å². The maximum absolute atomic E-state index is 12.2. The molecule has 8 nitrogen and oxygen atoms in total. The first-order valence-electron chi connectivity index (χ1n) is 10.2. The largest absolute Gasteiger partial charge is 0.459 e. The highest BCUT2D eigenvalue weighted by atomic mass is 16.3. The van der Waals surface area contributed by atoms with Crippen molar-refractivity contribution in [2.45, 2.75) is 19.5 Å². The molecule has 8 heteroatoms. The second-order valence-electron chi connectivity index (χ2n) is 7.23. The van der Waals surface area contributed by atoms with Crippen molar-refractivity contribution in [3.05, 3.63) is 89.9 Å². The minimum atomic E-state index is -0.343. The normalized spacial score (nSPS) is 10.3. The van der Waals surface area contributed by atoms with Crippen LogP contribution in [0.2, 0.25) is 0 Å². The topological polar surface area (TPSA) is 104 Å². The maximum Gasteiger partial charge on any atom is 0.317 e. The Morgan fingerprint density at radius 3 is 2.44 bits per heavy atom. The molecule has 1 aromatic heterocycles. The number of amides is 4. The van der Waals surface area contributed by atoms with E-state index in [0.29, 0.717) is 18.8 Å². The Bertz CT molecular complexity index is 1040. The molecule has 2 aromatic carbocycles. The average Bonchev–Trinajstić information content (AvgIpc) is 3.34. The van der Waals surface area contributed by atoms with Crippen LogP contribution in [0.5, 0.6) is 0 Å². The van der Waals surface area contributed by atoms with Crippen LogP contribution in [0.15, 0.2) is 77.4 Å². The Morgan fingerprint density at radius 1 is 0.906 bits per heavy atom. The van der Waals surface area contributed by atoms with Gasteiger partial charge in [-0.25, -0.2) is 4.79 Å². The number of carbonyl (C=O) groups is 3. The fourth-order valence-corrected chi connectivity index (χ4v) is 3.00. The molecule has 3 aromatic rings. The molecule has 0 aliphatic heterocycles. The van der Waals surface area contributed by atoms with E-state index in [-0.39, 0.29) is 36.6 Å². The SMILES string of the molecule is CN(Cc1ccccc1)C(=O)NCCC(=O)NCc1cccc(NC(=O)c2ccco2)c1. The van der Waals surface area contributed by atoms with E-state index in [0.717, 1.165) is 11.1 Å². The van der Waals surface area contributed by atoms with E-state index in [1.165, 1.54) is 6.26 Å². The van der Waals surface area contributed by atoms with Crippen LogP contribution in [-0.4, -0.2) is 36.3 Å². The van der Waals surface area contributed by atoms with Crippen molar-refractivity contribution in [3.8, 4) is 0 Å². The van der Waals surface area contributed by atoms with E-state index < -0.39 is 0 Å². The molecule has 166 valence electrons. The second-order valence-corrected chi connectivity index (χ2v) is 7.23. The van der Waals surface area contributed by atoms with Gasteiger partial charge in [0.1, 0.15) is 0 Å². The summed E-state index contributed by atoms with van der Waals surface area (Å²) in [5, 5.41) is 8.31. The first kappa shape index (κ1) is 22.6. The molecule has 0 spiro atoms. The maximum atomic E-state index is 12.2. The van der Waals surface area contributed by atoms with Gasteiger partial charge >= 0.3 is 6.03 Å². The van der Waals surface area contributed by atoms with Crippen LogP contribution in [0.3, 0.4) is 0 Å². The predicted octanol–water partition coefficient (Wildman–Crippen LogP) is 3.38. The molecule has 3 N–H and O–H groups in total. The number of hydrogen-bond donors (Lipinski definition) is 3. The Morgan fingerprint density at radius 2 is 1.69 bits per heavy atom. The van der Waals surface area contributed by atoms with Gasteiger partial charge in [0.25, 0.3) is 5.91 Å². The van der Waals surface area contributed by atoms with Crippen molar-refractivity contribution < 1.29 is 18.8 Å². The molecule has 0 aliphatic carbocycles. The molecule has 0 unspecified atom stereocenters. The molecule has 4 amide bonds. The van der Waals surface area contributed by atoms with Crippen LogP contribution in [-0.2, 0) is 17.9 Å². The molecule has 3 rings (SSSR count). The third kappa shape index (κ3) is 7.02. The van der Waals surface area contributed by atoms with Gasteiger partial charge in [0.05, 0.1) is 6.26 Å². The summed E-state index contributed by atoms with van der Waals surface area (Å²) in [7, 11) is 1.71. The van der Waals surface area contributed by atoms with Gasteiger partial charge < -0.3 is 25.3 Å². The third-order valence-electron chi connectivity index (χ3n) is 4.66. The molecule has 0 atom stereocenters. The summed E-state index contributed by atoms with van der Waals surface area (Å²) < 4.78 is 5.07. The molecular weight excluding hydrogens is 408 g/mol. The van der Waals surface area contributed by atoms with Gasteiger partial charge in [-0.2, -0.15) is 0 Å². The van der Waals surface area contributed by atoms with Gasteiger partial charge in [0.15, 0.2) is 5.76 Å². The lowest BCUT2D eigenvalue weighted by molar-refractivity contribution is -0.121. The first-order valence-corrected chi connectivity index (χ1v) is 10.2. The van der Waals surface area contributed by atoms with Crippen molar-refractivity contribution >= 4 is 23.5 Å². The quantitative estimate of drug-likeness (QED) is 0.480. The zero-order chi connectivity index (χ0) is 22.8. The van der Waals surface area contributed by atoms with Gasteiger partial charge in [0.2, 0.25) is 5.91 Å². The summed E-state index contributed by atoms with van der Waals surface area (Å²) in [6.07, 6.45) is 1.60. The van der Waals surface area contributed by atoms with E-state index >= 15 is 0 Å². The summed E-state index contributed by atoms with van der Waals surface area (Å²) in [5.74, 6) is -0.301. The monoisotopic (exact) mass is 434 g/mol. The lowest BCUT2D eigenvalue weighted by Gasteiger charge is -2.18. The van der Waals surface area contributed by atoms with Gasteiger partial charge in [-0.05, 0) is 35.4 Å². The number of nitrogens with zero attached hydrogens (tertiary/aromatic N) is 1. The lowest BCUT2D eigenvalue weighted by Crippen LogP contribution is -2.38. The highest BCUT2D eigenvalue weighted by Gasteiger charge is 2.11.